The molecule has 122 valence electrons. The van der Waals surface area contributed by atoms with E-state index >= 15 is 0 Å². The van der Waals surface area contributed by atoms with Crippen LogP contribution in [0.1, 0.15) is 22.5 Å². The average Bonchev–Trinajstić information content (AvgIpc) is 2.50. The Labute approximate surface area is 132 Å². The van der Waals surface area contributed by atoms with Gasteiger partial charge in [0.2, 0.25) is 0 Å². The summed E-state index contributed by atoms with van der Waals surface area (Å²) in [6.45, 7) is 1.83. The summed E-state index contributed by atoms with van der Waals surface area (Å²) in [6, 6.07) is 4.60. The Bertz CT molecular complexity index is 748. The van der Waals surface area contributed by atoms with Crippen LogP contribution in [0.2, 0.25) is 0 Å². The summed E-state index contributed by atoms with van der Waals surface area (Å²) in [5.74, 6) is -2.08. The summed E-state index contributed by atoms with van der Waals surface area (Å²) in [5, 5.41) is 12.2. The highest BCUT2D eigenvalue weighted by atomic mass is 19.1. The van der Waals surface area contributed by atoms with Crippen molar-refractivity contribution in [2.24, 2.45) is 0 Å². The average molecular weight is 320 g/mol. The van der Waals surface area contributed by atoms with Crippen LogP contribution in [0.5, 0.6) is 0 Å². The van der Waals surface area contributed by atoms with Gasteiger partial charge in [-0.1, -0.05) is 0 Å². The third-order valence-electron chi connectivity index (χ3n) is 3.43. The summed E-state index contributed by atoms with van der Waals surface area (Å²) in [7, 11) is 1.46. The third-order valence-corrected chi connectivity index (χ3v) is 3.43. The van der Waals surface area contributed by atoms with Gasteiger partial charge in [-0.05, 0) is 25.1 Å². The van der Waals surface area contributed by atoms with Crippen molar-refractivity contribution in [1.29, 1.82) is 0 Å². The second-order valence-corrected chi connectivity index (χ2v) is 5.10. The van der Waals surface area contributed by atoms with Gasteiger partial charge in [0.1, 0.15) is 11.9 Å². The molecule has 23 heavy (non-hydrogen) atoms. The van der Waals surface area contributed by atoms with E-state index in [-0.39, 0.29) is 18.6 Å². The molecule has 0 aliphatic heterocycles. The van der Waals surface area contributed by atoms with E-state index in [1.165, 1.54) is 25.3 Å². The number of amides is 1. The number of carboxylic acids is 1. The molecule has 0 bridgehead atoms. The van der Waals surface area contributed by atoms with Crippen molar-refractivity contribution in [2.45, 2.75) is 19.4 Å². The van der Waals surface area contributed by atoms with Crippen LogP contribution in [-0.2, 0) is 9.53 Å². The highest BCUT2D eigenvalue weighted by molar-refractivity contribution is 6.00. The predicted octanol–water partition coefficient (Wildman–Crippen LogP) is 1.90. The maximum absolute atomic E-state index is 13.2. The number of aromatic nitrogens is 1. The van der Waals surface area contributed by atoms with E-state index in [4.69, 9.17) is 9.84 Å². The number of benzene rings is 1. The Kier molecular flexibility index (Phi) is 5.23. The van der Waals surface area contributed by atoms with Crippen LogP contribution < -0.4 is 5.32 Å². The van der Waals surface area contributed by atoms with E-state index in [1.807, 2.05) is 0 Å². The zero-order valence-corrected chi connectivity index (χ0v) is 12.8. The minimum atomic E-state index is -1.14. The van der Waals surface area contributed by atoms with E-state index in [9.17, 15) is 14.0 Å². The second kappa shape index (κ2) is 7.15. The van der Waals surface area contributed by atoms with Gasteiger partial charge in [-0.25, -0.2) is 9.18 Å². The number of ether oxygens (including phenoxy) is 1. The van der Waals surface area contributed by atoms with Crippen LogP contribution in [0.25, 0.3) is 10.9 Å². The maximum atomic E-state index is 13.2. The molecule has 0 fully saturated rings. The Morgan fingerprint density at radius 1 is 1.39 bits per heavy atom. The number of hydrogen-bond donors (Lipinski definition) is 2. The Morgan fingerprint density at radius 3 is 2.78 bits per heavy atom. The lowest BCUT2D eigenvalue weighted by Crippen LogP contribution is -2.41. The van der Waals surface area contributed by atoms with Crippen molar-refractivity contribution < 1.29 is 23.8 Å². The lowest BCUT2D eigenvalue weighted by Gasteiger charge is -2.15. The molecule has 1 amide bonds. The first-order valence-corrected chi connectivity index (χ1v) is 7.02. The Balaban J connectivity index is 2.27. The topological polar surface area (TPSA) is 88.5 Å². The molecular weight excluding hydrogens is 303 g/mol. The first-order valence-electron chi connectivity index (χ1n) is 7.02. The highest BCUT2D eigenvalue weighted by Gasteiger charge is 2.21. The Hall–Kier alpha value is -2.54. The van der Waals surface area contributed by atoms with E-state index in [1.54, 1.807) is 13.0 Å². The molecule has 0 radical (unpaired) electrons. The number of halogens is 1. The van der Waals surface area contributed by atoms with Gasteiger partial charge < -0.3 is 15.2 Å². The number of aliphatic carboxylic acids is 1. The van der Waals surface area contributed by atoms with E-state index in [0.29, 0.717) is 16.6 Å². The molecule has 0 aliphatic rings. The van der Waals surface area contributed by atoms with Crippen molar-refractivity contribution in [1.82, 2.24) is 10.3 Å². The number of nitrogens with one attached hydrogen (secondary N) is 1. The van der Waals surface area contributed by atoms with E-state index < -0.39 is 23.7 Å². The summed E-state index contributed by atoms with van der Waals surface area (Å²) < 4.78 is 18.1. The molecule has 0 saturated heterocycles. The molecule has 1 atom stereocenters. The largest absolute Gasteiger partial charge is 0.480 e. The number of rotatable bonds is 6. The molecule has 2 N–H and O–H groups in total. The van der Waals surface area contributed by atoms with Crippen molar-refractivity contribution in [3.8, 4) is 0 Å². The molecule has 0 spiro atoms. The monoisotopic (exact) mass is 320 g/mol. The van der Waals surface area contributed by atoms with Gasteiger partial charge in [0, 0.05) is 31.6 Å². The molecular formula is C16H17FN2O4. The van der Waals surface area contributed by atoms with Crippen LogP contribution in [0.15, 0.2) is 24.3 Å². The second-order valence-electron chi connectivity index (χ2n) is 5.10. The number of nitrogens with zero attached hydrogens (tertiary/aromatic N) is 1. The first kappa shape index (κ1) is 16.8. The zero-order valence-electron chi connectivity index (χ0n) is 12.8. The van der Waals surface area contributed by atoms with Gasteiger partial charge in [0.25, 0.3) is 5.91 Å². The molecule has 1 aromatic carbocycles. The van der Waals surface area contributed by atoms with Gasteiger partial charge in [-0.2, -0.15) is 0 Å². The van der Waals surface area contributed by atoms with Gasteiger partial charge in [0.15, 0.2) is 0 Å². The molecule has 2 rings (SSSR count). The number of carbonyl (C=O) groups excluding carboxylic acids is 1. The van der Waals surface area contributed by atoms with Crippen molar-refractivity contribution >= 4 is 22.8 Å². The summed E-state index contributed by atoms with van der Waals surface area (Å²) >= 11 is 0. The number of pyridine rings is 1. The van der Waals surface area contributed by atoms with E-state index in [0.717, 1.165) is 0 Å². The van der Waals surface area contributed by atoms with Gasteiger partial charge in [-0.15, -0.1) is 0 Å². The van der Waals surface area contributed by atoms with Gasteiger partial charge in [0.05, 0.1) is 16.8 Å². The fourth-order valence-corrected chi connectivity index (χ4v) is 2.20. The zero-order chi connectivity index (χ0) is 17.0. The maximum Gasteiger partial charge on any atom is 0.326 e. The van der Waals surface area contributed by atoms with Crippen molar-refractivity contribution in [3.05, 3.63) is 41.3 Å². The van der Waals surface area contributed by atoms with Crippen molar-refractivity contribution in [2.75, 3.05) is 13.7 Å². The van der Waals surface area contributed by atoms with Gasteiger partial charge >= 0.3 is 5.97 Å². The number of carboxylic acid groups (broad SMARTS) is 1. The molecule has 6 nitrogen and oxygen atoms in total. The highest BCUT2D eigenvalue weighted by Crippen LogP contribution is 2.18. The standard InChI is InChI=1S/C16H17FN2O4/c1-9-12(7-10-3-4-11(17)8-14(10)18-9)15(20)19-13(16(21)22)5-6-23-2/h3-4,7-8,13H,5-6H2,1-2H3,(H,19,20)(H,21,22). The molecule has 0 saturated carbocycles. The SMILES string of the molecule is COCCC(NC(=O)c1cc2ccc(F)cc2nc1C)C(=O)O. The van der Waals surface area contributed by atoms with Crippen LogP contribution in [0.3, 0.4) is 0 Å². The van der Waals surface area contributed by atoms with Crippen LogP contribution in [-0.4, -0.2) is 41.7 Å². The fraction of sp³-hybridized carbons (Fsp3) is 0.312. The molecule has 0 aliphatic carbocycles. The molecule has 1 heterocycles. The van der Waals surface area contributed by atoms with Crippen molar-refractivity contribution in [3.63, 3.8) is 0 Å². The lowest BCUT2D eigenvalue weighted by atomic mass is 10.1. The third kappa shape index (κ3) is 4.01. The number of fused-ring (bicyclic) bond motifs is 1. The summed E-state index contributed by atoms with van der Waals surface area (Å²) in [5.41, 5.74) is 1.09. The normalized spacial score (nSPS) is 12.1. The smallest absolute Gasteiger partial charge is 0.326 e. The minimum absolute atomic E-state index is 0.156. The molecule has 1 unspecified atom stereocenters. The first-order chi connectivity index (χ1) is 10.9. The number of hydrogen-bond acceptors (Lipinski definition) is 4. The van der Waals surface area contributed by atoms with Gasteiger partial charge in [-0.3, -0.25) is 9.78 Å². The number of methoxy groups -OCH3 is 1. The number of aryl methyl sites for hydroxylation is 1. The van der Waals surface area contributed by atoms with E-state index in [2.05, 4.69) is 10.3 Å². The Morgan fingerprint density at radius 2 is 2.13 bits per heavy atom. The molecule has 2 aromatic rings. The van der Waals surface area contributed by atoms with Crippen LogP contribution in [0.4, 0.5) is 4.39 Å². The molecule has 1 aromatic heterocycles. The number of carbonyl (C=O) groups is 2. The molecule has 7 heteroatoms. The van der Waals surface area contributed by atoms with Crippen LogP contribution >= 0.6 is 0 Å². The quantitative estimate of drug-likeness (QED) is 0.848. The summed E-state index contributed by atoms with van der Waals surface area (Å²) in [4.78, 5) is 27.7. The van der Waals surface area contributed by atoms with Crippen LogP contribution in [0, 0.1) is 12.7 Å². The lowest BCUT2D eigenvalue weighted by molar-refractivity contribution is -0.139. The minimum Gasteiger partial charge on any atom is -0.480 e. The fourth-order valence-electron chi connectivity index (χ4n) is 2.20. The summed E-state index contributed by atoms with van der Waals surface area (Å²) in [6.07, 6.45) is 0.156. The predicted molar refractivity (Wildman–Crippen MR) is 81.8 cm³/mol.